The normalized spacial score (nSPS) is 12.0. The van der Waals surface area contributed by atoms with E-state index in [-0.39, 0.29) is 12.5 Å². The van der Waals surface area contributed by atoms with Crippen LogP contribution in [0, 0.1) is 0 Å². The van der Waals surface area contributed by atoms with E-state index in [1.54, 1.807) is 31.2 Å². The van der Waals surface area contributed by atoms with Crippen LogP contribution >= 0.6 is 0 Å². The van der Waals surface area contributed by atoms with E-state index >= 15 is 0 Å². The van der Waals surface area contributed by atoms with Gasteiger partial charge in [-0.2, -0.15) is 0 Å². The second kappa shape index (κ2) is 11.5. The molecule has 2 rings (SSSR count). The van der Waals surface area contributed by atoms with E-state index in [9.17, 15) is 18.0 Å². The maximum absolute atomic E-state index is 13.3. The molecule has 0 aliphatic heterocycles. The molecule has 0 saturated carbocycles. The molecule has 0 aromatic heterocycles. The average Bonchev–Trinajstić information content (AvgIpc) is 2.78. The Hall–Kier alpha value is -3.07. The summed E-state index contributed by atoms with van der Waals surface area (Å²) in [4.78, 5) is 27.4. The highest BCUT2D eigenvalue weighted by atomic mass is 32.2. The van der Waals surface area contributed by atoms with Gasteiger partial charge in [0.2, 0.25) is 21.8 Å². The lowest BCUT2D eigenvalue weighted by atomic mass is 10.1. The third-order valence-electron chi connectivity index (χ3n) is 4.95. The largest absolute Gasteiger partial charge is 0.497 e. The first kappa shape index (κ1) is 25.2. The van der Waals surface area contributed by atoms with Crippen LogP contribution in [0.4, 0.5) is 5.69 Å². The van der Waals surface area contributed by atoms with Gasteiger partial charge in [0.05, 0.1) is 19.1 Å². The number of nitrogens with one attached hydrogen (secondary N) is 1. The Balaban J connectivity index is 2.33. The van der Waals surface area contributed by atoms with Gasteiger partial charge in [0.25, 0.3) is 0 Å². The molecule has 8 nitrogen and oxygen atoms in total. The third kappa shape index (κ3) is 6.98. The highest BCUT2D eigenvalue weighted by Crippen LogP contribution is 2.22. The summed E-state index contributed by atoms with van der Waals surface area (Å²) in [6, 6.07) is 14.9. The molecule has 0 saturated heterocycles. The van der Waals surface area contributed by atoms with Crippen LogP contribution in [0.15, 0.2) is 54.6 Å². The summed E-state index contributed by atoms with van der Waals surface area (Å²) in [6.45, 7) is 3.84. The van der Waals surface area contributed by atoms with E-state index in [0.717, 1.165) is 22.5 Å². The molecule has 1 atom stereocenters. The molecule has 0 spiro atoms. The SMILES string of the molecule is CCCNC(=O)[C@@H](C)N(Cc1ccccc1)C(=O)CN(c1ccc(OC)cc1)S(C)(=O)=O. The van der Waals surface area contributed by atoms with Gasteiger partial charge in [-0.05, 0) is 43.2 Å². The highest BCUT2D eigenvalue weighted by Gasteiger charge is 2.29. The lowest BCUT2D eigenvalue weighted by Crippen LogP contribution is -2.51. The van der Waals surface area contributed by atoms with Gasteiger partial charge >= 0.3 is 0 Å². The number of anilines is 1. The molecule has 32 heavy (non-hydrogen) atoms. The molecule has 0 radical (unpaired) electrons. The molecule has 2 aromatic rings. The maximum Gasteiger partial charge on any atom is 0.244 e. The van der Waals surface area contributed by atoms with Crippen molar-refractivity contribution in [3.05, 3.63) is 60.2 Å². The summed E-state index contributed by atoms with van der Waals surface area (Å²) >= 11 is 0. The molecule has 1 N–H and O–H groups in total. The van der Waals surface area contributed by atoms with E-state index in [0.29, 0.717) is 18.0 Å². The van der Waals surface area contributed by atoms with E-state index < -0.39 is 28.5 Å². The molecule has 0 heterocycles. The topological polar surface area (TPSA) is 96.0 Å². The lowest BCUT2D eigenvalue weighted by molar-refractivity contribution is -0.139. The van der Waals surface area contributed by atoms with Crippen LogP contribution in [0.5, 0.6) is 5.75 Å². The second-order valence-corrected chi connectivity index (χ2v) is 9.35. The molecule has 2 aromatic carbocycles. The fraction of sp³-hybridized carbons (Fsp3) is 0.391. The summed E-state index contributed by atoms with van der Waals surface area (Å²) in [7, 11) is -2.24. The van der Waals surface area contributed by atoms with Gasteiger partial charge in [0, 0.05) is 13.1 Å². The van der Waals surface area contributed by atoms with Crippen molar-refractivity contribution in [1.29, 1.82) is 0 Å². The Labute approximate surface area is 190 Å². The van der Waals surface area contributed by atoms with E-state index in [4.69, 9.17) is 4.74 Å². The Morgan fingerprint density at radius 2 is 1.69 bits per heavy atom. The van der Waals surface area contributed by atoms with Crippen LogP contribution in [0.3, 0.4) is 0 Å². The average molecular weight is 462 g/mol. The van der Waals surface area contributed by atoms with Crippen molar-refractivity contribution in [1.82, 2.24) is 10.2 Å². The molecule has 0 aliphatic carbocycles. The number of carbonyl (C=O) groups is 2. The van der Waals surface area contributed by atoms with Crippen molar-refractivity contribution in [2.45, 2.75) is 32.9 Å². The molecule has 0 aliphatic rings. The molecular weight excluding hydrogens is 430 g/mol. The Morgan fingerprint density at radius 3 is 2.22 bits per heavy atom. The number of nitrogens with zero attached hydrogens (tertiary/aromatic N) is 2. The molecule has 9 heteroatoms. The van der Waals surface area contributed by atoms with Crippen molar-refractivity contribution in [3.63, 3.8) is 0 Å². The van der Waals surface area contributed by atoms with Gasteiger partial charge in [-0.1, -0.05) is 37.3 Å². The summed E-state index contributed by atoms with van der Waals surface area (Å²) in [6.07, 6.45) is 1.81. The standard InChI is InChI=1S/C23H31N3O5S/c1-5-15-24-23(28)18(2)25(16-19-9-7-6-8-10-19)22(27)17-26(32(4,29)30)20-11-13-21(31-3)14-12-20/h6-14,18H,5,15-17H2,1-4H3,(H,24,28)/t18-/m1/s1. The second-order valence-electron chi connectivity index (χ2n) is 7.44. The predicted octanol–water partition coefficient (Wildman–Crippen LogP) is 2.40. The first-order valence-corrected chi connectivity index (χ1v) is 12.2. The summed E-state index contributed by atoms with van der Waals surface area (Å²) in [5.41, 5.74) is 1.18. The third-order valence-corrected chi connectivity index (χ3v) is 6.09. The Kier molecular flexibility index (Phi) is 9.07. The number of methoxy groups -OCH3 is 1. The molecule has 0 fully saturated rings. The van der Waals surface area contributed by atoms with Gasteiger partial charge in [0.15, 0.2) is 0 Å². The van der Waals surface area contributed by atoms with E-state index in [2.05, 4.69) is 5.32 Å². The summed E-state index contributed by atoms with van der Waals surface area (Å²) in [5.74, 6) is -0.193. The number of benzene rings is 2. The van der Waals surface area contributed by atoms with Crippen LogP contribution in [0.25, 0.3) is 0 Å². The number of hydrogen-bond acceptors (Lipinski definition) is 5. The first-order valence-electron chi connectivity index (χ1n) is 10.4. The van der Waals surface area contributed by atoms with E-state index in [1.165, 1.54) is 12.0 Å². The Morgan fingerprint density at radius 1 is 1.06 bits per heavy atom. The monoisotopic (exact) mass is 461 g/mol. The highest BCUT2D eigenvalue weighted by molar-refractivity contribution is 7.92. The molecule has 0 bridgehead atoms. The van der Waals surface area contributed by atoms with Crippen LogP contribution in [0.2, 0.25) is 0 Å². The summed E-state index contributed by atoms with van der Waals surface area (Å²) in [5, 5.41) is 2.80. The number of sulfonamides is 1. The molecule has 2 amide bonds. The predicted molar refractivity (Wildman–Crippen MR) is 125 cm³/mol. The smallest absolute Gasteiger partial charge is 0.244 e. The van der Waals surface area contributed by atoms with Crippen LogP contribution in [0.1, 0.15) is 25.8 Å². The zero-order chi connectivity index (χ0) is 23.7. The van der Waals surface area contributed by atoms with Crippen molar-refractivity contribution in [2.75, 3.05) is 30.8 Å². The number of carbonyl (C=O) groups excluding carboxylic acids is 2. The van der Waals surface area contributed by atoms with Crippen molar-refractivity contribution >= 4 is 27.5 Å². The van der Waals surface area contributed by atoms with Crippen LogP contribution in [-0.4, -0.2) is 57.6 Å². The Bertz CT molecular complexity index is 994. The number of hydrogen-bond donors (Lipinski definition) is 1. The minimum absolute atomic E-state index is 0.181. The molecule has 0 unspecified atom stereocenters. The number of amides is 2. The fourth-order valence-corrected chi connectivity index (χ4v) is 3.97. The van der Waals surface area contributed by atoms with Gasteiger partial charge in [-0.25, -0.2) is 8.42 Å². The number of ether oxygens (including phenoxy) is 1. The zero-order valence-corrected chi connectivity index (χ0v) is 19.8. The zero-order valence-electron chi connectivity index (χ0n) is 18.9. The summed E-state index contributed by atoms with van der Waals surface area (Å²) < 4.78 is 31.1. The van der Waals surface area contributed by atoms with Gasteiger partial charge in [-0.15, -0.1) is 0 Å². The van der Waals surface area contributed by atoms with Gasteiger partial charge in [0.1, 0.15) is 18.3 Å². The number of rotatable bonds is 11. The minimum atomic E-state index is -3.75. The lowest BCUT2D eigenvalue weighted by Gasteiger charge is -2.31. The quantitative estimate of drug-likeness (QED) is 0.554. The van der Waals surface area contributed by atoms with Crippen molar-refractivity contribution in [3.8, 4) is 5.75 Å². The first-order chi connectivity index (χ1) is 15.2. The van der Waals surface area contributed by atoms with Gasteiger partial charge < -0.3 is 15.0 Å². The van der Waals surface area contributed by atoms with E-state index in [1.807, 2.05) is 37.3 Å². The molecule has 174 valence electrons. The maximum atomic E-state index is 13.3. The van der Waals surface area contributed by atoms with Crippen LogP contribution < -0.4 is 14.4 Å². The van der Waals surface area contributed by atoms with Crippen molar-refractivity contribution in [2.24, 2.45) is 0 Å². The fourth-order valence-electron chi connectivity index (χ4n) is 3.12. The van der Waals surface area contributed by atoms with Crippen molar-refractivity contribution < 1.29 is 22.7 Å². The van der Waals surface area contributed by atoms with Crippen LogP contribution in [-0.2, 0) is 26.2 Å². The molecular formula is C23H31N3O5S. The van der Waals surface area contributed by atoms with Gasteiger partial charge in [-0.3, -0.25) is 13.9 Å². The minimum Gasteiger partial charge on any atom is -0.497 e.